The van der Waals surface area contributed by atoms with Gasteiger partial charge in [0.15, 0.2) is 5.17 Å². The van der Waals surface area contributed by atoms with E-state index in [1.165, 1.54) is 26.0 Å². The summed E-state index contributed by atoms with van der Waals surface area (Å²) in [6.45, 7) is 3.49. The Balaban J connectivity index is 0.00000176. The topological polar surface area (TPSA) is 63.2 Å². The molecule has 0 bridgehead atoms. The summed E-state index contributed by atoms with van der Waals surface area (Å²) in [6.07, 6.45) is 3.35. The van der Waals surface area contributed by atoms with E-state index in [1.807, 2.05) is 0 Å². The standard InChI is InChI=1S/C14H21N3O3S.ClH/c1-14(19-2,20-3)16-12(18)11-10(9-5-6-9)17-8-4-7-15-13(17)21-11;/h9H,4-8H2,1-3H3,(H,16,18);1H. The molecule has 0 saturated heterocycles. The van der Waals surface area contributed by atoms with Gasteiger partial charge in [0.05, 0.1) is 4.91 Å². The molecule has 0 spiro atoms. The highest BCUT2D eigenvalue weighted by Gasteiger charge is 2.43. The van der Waals surface area contributed by atoms with Crippen molar-refractivity contribution in [3.63, 3.8) is 0 Å². The highest BCUT2D eigenvalue weighted by atomic mass is 35.5. The number of carbonyl (C=O) groups excluding carboxylic acids is 1. The summed E-state index contributed by atoms with van der Waals surface area (Å²) < 4.78 is 10.4. The minimum absolute atomic E-state index is 0. The van der Waals surface area contributed by atoms with Crippen LogP contribution in [0.4, 0.5) is 0 Å². The molecule has 6 nitrogen and oxygen atoms in total. The monoisotopic (exact) mass is 347 g/mol. The lowest BCUT2D eigenvalue weighted by atomic mass is 10.2. The van der Waals surface area contributed by atoms with Crippen LogP contribution < -0.4 is 5.32 Å². The summed E-state index contributed by atoms with van der Waals surface area (Å²) in [5.74, 6) is -0.755. The Kier molecular flexibility index (Phi) is 5.42. The lowest BCUT2D eigenvalue weighted by molar-refractivity contribution is -0.213. The highest BCUT2D eigenvalue weighted by Crippen LogP contribution is 2.48. The van der Waals surface area contributed by atoms with Gasteiger partial charge in [-0.05, 0) is 31.0 Å². The quantitative estimate of drug-likeness (QED) is 0.770. The van der Waals surface area contributed by atoms with Gasteiger partial charge < -0.3 is 19.7 Å². The minimum atomic E-state index is -1.11. The van der Waals surface area contributed by atoms with E-state index in [2.05, 4.69) is 15.2 Å². The number of nitrogens with zero attached hydrogens (tertiary/aromatic N) is 2. The van der Waals surface area contributed by atoms with Crippen molar-refractivity contribution in [3.8, 4) is 0 Å². The Bertz CT molecular complexity index is 515. The number of aliphatic imine (C=N–C) groups is 1. The Labute approximate surface area is 141 Å². The zero-order valence-electron chi connectivity index (χ0n) is 13.0. The zero-order chi connectivity index (χ0) is 15.0. The van der Waals surface area contributed by atoms with Crippen molar-refractivity contribution in [3.05, 3.63) is 10.6 Å². The lowest BCUT2D eigenvalue weighted by Crippen LogP contribution is -2.49. The summed E-state index contributed by atoms with van der Waals surface area (Å²) in [5, 5.41) is 3.78. The predicted molar refractivity (Wildman–Crippen MR) is 88.8 cm³/mol. The van der Waals surface area contributed by atoms with Gasteiger partial charge in [0.2, 0.25) is 5.91 Å². The van der Waals surface area contributed by atoms with Gasteiger partial charge in [-0.1, -0.05) is 0 Å². The second kappa shape index (κ2) is 6.78. The molecule has 0 atom stereocenters. The fraction of sp³-hybridized carbons (Fsp3) is 0.714. The number of hydrogen-bond donors (Lipinski definition) is 1. The number of carbonyl (C=O) groups is 1. The van der Waals surface area contributed by atoms with Crippen molar-refractivity contribution in [2.24, 2.45) is 10.9 Å². The van der Waals surface area contributed by atoms with Crippen molar-refractivity contribution in [1.29, 1.82) is 0 Å². The third-order valence-corrected chi connectivity index (χ3v) is 5.16. The Morgan fingerprint density at radius 1 is 1.41 bits per heavy atom. The fourth-order valence-corrected chi connectivity index (χ4v) is 3.70. The molecule has 1 aliphatic carbocycles. The van der Waals surface area contributed by atoms with Crippen molar-refractivity contribution >= 4 is 35.2 Å². The fourth-order valence-electron chi connectivity index (χ4n) is 2.54. The second-order valence-corrected chi connectivity index (χ2v) is 6.55. The van der Waals surface area contributed by atoms with E-state index in [4.69, 9.17) is 9.47 Å². The van der Waals surface area contributed by atoms with Gasteiger partial charge in [0.1, 0.15) is 0 Å². The molecule has 1 fully saturated rings. The summed E-state index contributed by atoms with van der Waals surface area (Å²) in [5.41, 5.74) is 1.14. The molecule has 124 valence electrons. The summed E-state index contributed by atoms with van der Waals surface area (Å²) in [4.78, 5) is 20.1. The molecule has 0 aromatic heterocycles. The van der Waals surface area contributed by atoms with E-state index in [0.29, 0.717) is 5.92 Å². The summed E-state index contributed by atoms with van der Waals surface area (Å²) >= 11 is 1.47. The average molecular weight is 348 g/mol. The first-order valence-electron chi connectivity index (χ1n) is 7.25. The van der Waals surface area contributed by atoms with Gasteiger partial charge in [-0.15, -0.1) is 12.4 Å². The summed E-state index contributed by atoms with van der Waals surface area (Å²) in [7, 11) is 3.02. The first-order chi connectivity index (χ1) is 10.1. The Hall–Kier alpha value is -0.760. The van der Waals surface area contributed by atoms with E-state index in [0.717, 1.165) is 48.1 Å². The van der Waals surface area contributed by atoms with Crippen molar-refractivity contribution in [2.45, 2.75) is 32.1 Å². The van der Waals surface area contributed by atoms with Gasteiger partial charge in [-0.2, -0.15) is 0 Å². The van der Waals surface area contributed by atoms with Crippen LogP contribution in [0.3, 0.4) is 0 Å². The summed E-state index contributed by atoms with van der Waals surface area (Å²) in [6, 6.07) is 0. The van der Waals surface area contributed by atoms with Gasteiger partial charge in [0, 0.05) is 45.8 Å². The maximum Gasteiger partial charge on any atom is 0.264 e. The van der Waals surface area contributed by atoms with E-state index >= 15 is 0 Å². The zero-order valence-corrected chi connectivity index (χ0v) is 14.7. The molecular weight excluding hydrogens is 326 g/mol. The predicted octanol–water partition coefficient (Wildman–Crippen LogP) is 1.92. The number of fused-ring (bicyclic) bond motifs is 1. The van der Waals surface area contributed by atoms with Crippen LogP contribution in [0.15, 0.2) is 15.6 Å². The van der Waals surface area contributed by atoms with Crippen LogP contribution in [0.5, 0.6) is 0 Å². The molecule has 0 radical (unpaired) electrons. The number of halogens is 1. The molecule has 2 aliphatic heterocycles. The number of methoxy groups -OCH3 is 2. The smallest absolute Gasteiger partial charge is 0.264 e. The van der Waals surface area contributed by atoms with Gasteiger partial charge >= 0.3 is 0 Å². The molecule has 0 aromatic carbocycles. The number of rotatable bonds is 5. The molecule has 1 amide bonds. The third kappa shape index (κ3) is 3.27. The molecule has 3 aliphatic rings. The second-order valence-electron chi connectivity index (χ2n) is 5.57. The van der Waals surface area contributed by atoms with Gasteiger partial charge in [0.25, 0.3) is 5.91 Å². The number of hydrogen-bond acceptors (Lipinski definition) is 6. The molecule has 8 heteroatoms. The van der Waals surface area contributed by atoms with E-state index in [-0.39, 0.29) is 18.3 Å². The number of ether oxygens (including phenoxy) is 2. The Morgan fingerprint density at radius 2 is 2.09 bits per heavy atom. The molecule has 22 heavy (non-hydrogen) atoms. The average Bonchev–Trinajstić information content (AvgIpc) is 3.26. The molecule has 1 N–H and O–H groups in total. The van der Waals surface area contributed by atoms with Crippen LogP contribution >= 0.6 is 24.2 Å². The van der Waals surface area contributed by atoms with Gasteiger partial charge in [-0.25, -0.2) is 0 Å². The normalized spacial score (nSPS) is 21.2. The minimum Gasteiger partial charge on any atom is -0.336 e. The molecule has 2 heterocycles. The maximum atomic E-state index is 12.6. The largest absolute Gasteiger partial charge is 0.336 e. The SMILES string of the molecule is COC(C)(NC(=O)C1=C(C2CC2)N2CCCN=C2S1)OC.Cl. The Morgan fingerprint density at radius 3 is 2.68 bits per heavy atom. The first-order valence-corrected chi connectivity index (χ1v) is 8.06. The van der Waals surface area contributed by atoms with Crippen LogP contribution in [0.2, 0.25) is 0 Å². The van der Waals surface area contributed by atoms with Crippen LogP contribution in [0.1, 0.15) is 26.2 Å². The number of amides is 1. The molecule has 1 saturated carbocycles. The number of amidine groups is 1. The number of thioether (sulfide) groups is 1. The maximum absolute atomic E-state index is 12.6. The van der Waals surface area contributed by atoms with E-state index < -0.39 is 5.91 Å². The first kappa shape index (κ1) is 17.6. The van der Waals surface area contributed by atoms with Gasteiger partial charge in [-0.3, -0.25) is 9.79 Å². The highest BCUT2D eigenvalue weighted by molar-refractivity contribution is 8.18. The van der Waals surface area contributed by atoms with Crippen LogP contribution in [0.25, 0.3) is 0 Å². The third-order valence-electron chi connectivity index (χ3n) is 4.02. The molecule has 0 unspecified atom stereocenters. The number of nitrogens with one attached hydrogen (secondary N) is 1. The van der Waals surface area contributed by atoms with Crippen molar-refractivity contribution in [1.82, 2.24) is 10.2 Å². The van der Waals surface area contributed by atoms with Crippen LogP contribution in [0, 0.1) is 5.92 Å². The van der Waals surface area contributed by atoms with E-state index in [9.17, 15) is 4.79 Å². The van der Waals surface area contributed by atoms with E-state index in [1.54, 1.807) is 6.92 Å². The van der Waals surface area contributed by atoms with Crippen LogP contribution in [-0.2, 0) is 14.3 Å². The van der Waals surface area contributed by atoms with Crippen molar-refractivity contribution < 1.29 is 14.3 Å². The molecule has 0 aromatic rings. The lowest BCUT2D eigenvalue weighted by Gasteiger charge is -2.27. The molecule has 3 rings (SSSR count). The molecular formula is C14H22ClN3O3S. The number of allylic oxidation sites excluding steroid dienone is 1. The van der Waals surface area contributed by atoms with Crippen molar-refractivity contribution in [2.75, 3.05) is 27.3 Å². The van der Waals surface area contributed by atoms with Crippen LogP contribution in [-0.4, -0.2) is 49.2 Å².